The summed E-state index contributed by atoms with van der Waals surface area (Å²) in [4.78, 5) is 2.71. The Morgan fingerprint density at radius 2 is 1.50 bits per heavy atom. The van der Waals surface area contributed by atoms with Crippen molar-refractivity contribution in [3.05, 3.63) is 0 Å². The van der Waals surface area contributed by atoms with Crippen molar-refractivity contribution in [1.82, 2.24) is 4.90 Å². The average Bonchev–Trinajstić information content (AvgIpc) is 2.32. The van der Waals surface area contributed by atoms with Crippen molar-refractivity contribution in [2.24, 2.45) is 0 Å². The van der Waals surface area contributed by atoms with Gasteiger partial charge in [-0.1, -0.05) is 51.9 Å². The SMILES string of the molecule is CCCCCCCCCN(CCCCl)C1CCC1. The van der Waals surface area contributed by atoms with Crippen LogP contribution in [0.1, 0.15) is 77.6 Å². The number of rotatable bonds is 12. The Hall–Kier alpha value is 0.250. The lowest BCUT2D eigenvalue weighted by molar-refractivity contribution is 0.125. The van der Waals surface area contributed by atoms with E-state index in [0.29, 0.717) is 0 Å². The molecule has 0 radical (unpaired) electrons. The fourth-order valence-electron chi connectivity index (χ4n) is 2.76. The highest BCUT2D eigenvalue weighted by Crippen LogP contribution is 2.25. The van der Waals surface area contributed by atoms with Gasteiger partial charge >= 0.3 is 0 Å². The molecule has 0 N–H and O–H groups in total. The highest BCUT2D eigenvalue weighted by atomic mass is 35.5. The van der Waals surface area contributed by atoms with E-state index in [4.69, 9.17) is 11.6 Å². The van der Waals surface area contributed by atoms with Crippen LogP contribution in [0.15, 0.2) is 0 Å². The Balaban J connectivity index is 1.98. The van der Waals surface area contributed by atoms with Gasteiger partial charge in [0.15, 0.2) is 0 Å². The fourth-order valence-corrected chi connectivity index (χ4v) is 2.88. The number of unbranched alkanes of at least 4 members (excludes halogenated alkanes) is 6. The first kappa shape index (κ1) is 16.3. The van der Waals surface area contributed by atoms with Crippen LogP contribution < -0.4 is 0 Å². The average molecular weight is 274 g/mol. The molecule has 0 spiro atoms. The summed E-state index contributed by atoms with van der Waals surface area (Å²) in [5, 5.41) is 0. The molecule has 0 atom stereocenters. The van der Waals surface area contributed by atoms with Crippen molar-refractivity contribution in [1.29, 1.82) is 0 Å². The molecule has 0 saturated heterocycles. The number of halogens is 1. The molecule has 108 valence electrons. The lowest BCUT2D eigenvalue weighted by atomic mass is 9.91. The van der Waals surface area contributed by atoms with Crippen molar-refractivity contribution in [2.45, 2.75) is 83.6 Å². The van der Waals surface area contributed by atoms with E-state index in [0.717, 1.165) is 18.3 Å². The van der Waals surface area contributed by atoms with Crippen molar-refractivity contribution in [3.8, 4) is 0 Å². The lowest BCUT2D eigenvalue weighted by Crippen LogP contribution is -2.41. The molecule has 0 aromatic carbocycles. The van der Waals surface area contributed by atoms with Crippen LogP contribution in [0.5, 0.6) is 0 Å². The summed E-state index contributed by atoms with van der Waals surface area (Å²) >= 11 is 5.82. The zero-order valence-corrected chi connectivity index (χ0v) is 13.1. The summed E-state index contributed by atoms with van der Waals surface area (Å²) in [6, 6.07) is 0.897. The van der Waals surface area contributed by atoms with Crippen LogP contribution in [0.2, 0.25) is 0 Å². The van der Waals surface area contributed by atoms with Crippen LogP contribution in [-0.2, 0) is 0 Å². The van der Waals surface area contributed by atoms with E-state index >= 15 is 0 Å². The maximum Gasteiger partial charge on any atom is 0.0235 e. The first-order valence-corrected chi connectivity index (χ1v) is 8.72. The van der Waals surface area contributed by atoms with Gasteiger partial charge in [0.2, 0.25) is 0 Å². The molecule has 0 aromatic heterocycles. The fraction of sp³-hybridized carbons (Fsp3) is 1.00. The summed E-state index contributed by atoms with van der Waals surface area (Å²) < 4.78 is 0. The molecule has 0 heterocycles. The first-order valence-electron chi connectivity index (χ1n) is 8.18. The summed E-state index contributed by atoms with van der Waals surface area (Å²) in [6.45, 7) is 4.83. The van der Waals surface area contributed by atoms with Crippen LogP contribution in [0.3, 0.4) is 0 Å². The van der Waals surface area contributed by atoms with E-state index < -0.39 is 0 Å². The number of hydrogen-bond donors (Lipinski definition) is 0. The van der Waals surface area contributed by atoms with E-state index in [1.807, 2.05) is 0 Å². The van der Waals surface area contributed by atoms with Crippen LogP contribution in [0, 0.1) is 0 Å². The molecule has 0 aliphatic heterocycles. The van der Waals surface area contributed by atoms with Gasteiger partial charge in [0.05, 0.1) is 0 Å². The second-order valence-electron chi connectivity index (χ2n) is 5.78. The molecule has 1 nitrogen and oxygen atoms in total. The van der Waals surface area contributed by atoms with E-state index in [2.05, 4.69) is 11.8 Å². The predicted octanol–water partition coefficient (Wildman–Crippen LogP) is 5.22. The summed E-state index contributed by atoms with van der Waals surface area (Å²) in [5.41, 5.74) is 0. The quantitative estimate of drug-likeness (QED) is 0.348. The van der Waals surface area contributed by atoms with Gasteiger partial charge in [-0.05, 0) is 38.8 Å². The van der Waals surface area contributed by atoms with E-state index in [1.165, 1.54) is 77.3 Å². The van der Waals surface area contributed by atoms with Crippen molar-refractivity contribution in [3.63, 3.8) is 0 Å². The molecule has 1 saturated carbocycles. The van der Waals surface area contributed by atoms with Gasteiger partial charge in [0, 0.05) is 11.9 Å². The smallest absolute Gasteiger partial charge is 0.0235 e. The van der Waals surface area contributed by atoms with E-state index in [1.54, 1.807) is 0 Å². The summed E-state index contributed by atoms with van der Waals surface area (Å²) in [7, 11) is 0. The molecule has 1 aliphatic rings. The van der Waals surface area contributed by atoms with Gasteiger partial charge in [-0.15, -0.1) is 11.6 Å². The molecule has 0 amide bonds. The predicted molar refractivity (Wildman–Crippen MR) is 82.5 cm³/mol. The lowest BCUT2D eigenvalue weighted by Gasteiger charge is -2.37. The molecular weight excluding hydrogens is 242 g/mol. The van der Waals surface area contributed by atoms with E-state index in [-0.39, 0.29) is 0 Å². The number of alkyl halides is 1. The third kappa shape index (κ3) is 6.99. The minimum Gasteiger partial charge on any atom is -0.300 e. The molecule has 1 aliphatic carbocycles. The molecule has 0 bridgehead atoms. The van der Waals surface area contributed by atoms with Crippen molar-refractivity contribution >= 4 is 11.6 Å². The normalized spacial score (nSPS) is 16.2. The van der Waals surface area contributed by atoms with Crippen molar-refractivity contribution < 1.29 is 0 Å². The Morgan fingerprint density at radius 3 is 2.06 bits per heavy atom. The Kier molecular flexibility index (Phi) is 10.1. The Morgan fingerprint density at radius 1 is 0.889 bits per heavy atom. The Labute approximate surface area is 119 Å². The van der Waals surface area contributed by atoms with Gasteiger partial charge in [-0.25, -0.2) is 0 Å². The third-order valence-corrected chi connectivity index (χ3v) is 4.49. The standard InChI is InChI=1S/C16H32ClN/c1-2-3-4-5-6-7-8-14-18(15-10-13-17)16-11-9-12-16/h16H,2-15H2,1H3. The minimum atomic E-state index is 0.820. The molecule has 1 fully saturated rings. The monoisotopic (exact) mass is 273 g/mol. The minimum absolute atomic E-state index is 0.820. The van der Waals surface area contributed by atoms with Gasteiger partial charge in [-0.3, -0.25) is 0 Å². The maximum absolute atomic E-state index is 5.82. The number of nitrogens with zero attached hydrogens (tertiary/aromatic N) is 1. The molecular formula is C16H32ClN. The van der Waals surface area contributed by atoms with Gasteiger partial charge in [0.1, 0.15) is 0 Å². The molecule has 0 unspecified atom stereocenters. The molecule has 2 heteroatoms. The molecule has 18 heavy (non-hydrogen) atoms. The van der Waals surface area contributed by atoms with Gasteiger partial charge < -0.3 is 4.90 Å². The highest BCUT2D eigenvalue weighted by Gasteiger charge is 2.23. The van der Waals surface area contributed by atoms with Crippen LogP contribution in [-0.4, -0.2) is 29.9 Å². The second kappa shape index (κ2) is 11.1. The first-order chi connectivity index (χ1) is 8.88. The van der Waals surface area contributed by atoms with Crippen molar-refractivity contribution in [2.75, 3.05) is 19.0 Å². The zero-order valence-electron chi connectivity index (χ0n) is 12.3. The summed E-state index contributed by atoms with van der Waals surface area (Å²) in [6.07, 6.45) is 15.4. The molecule has 1 rings (SSSR count). The second-order valence-corrected chi connectivity index (χ2v) is 6.16. The zero-order chi connectivity index (χ0) is 13.1. The number of hydrogen-bond acceptors (Lipinski definition) is 1. The summed E-state index contributed by atoms with van der Waals surface area (Å²) in [5.74, 6) is 0.820. The highest BCUT2D eigenvalue weighted by molar-refractivity contribution is 6.17. The van der Waals surface area contributed by atoms with Crippen LogP contribution in [0.4, 0.5) is 0 Å². The largest absolute Gasteiger partial charge is 0.300 e. The third-order valence-electron chi connectivity index (χ3n) is 4.22. The topological polar surface area (TPSA) is 3.24 Å². The molecule has 0 aromatic rings. The van der Waals surface area contributed by atoms with Crippen LogP contribution in [0.25, 0.3) is 0 Å². The van der Waals surface area contributed by atoms with Gasteiger partial charge in [-0.2, -0.15) is 0 Å². The van der Waals surface area contributed by atoms with E-state index in [9.17, 15) is 0 Å². The van der Waals surface area contributed by atoms with Crippen LogP contribution >= 0.6 is 11.6 Å². The Bertz CT molecular complexity index is 180. The van der Waals surface area contributed by atoms with Gasteiger partial charge in [0.25, 0.3) is 0 Å². The maximum atomic E-state index is 5.82.